The molecule has 0 radical (unpaired) electrons. The van der Waals surface area contributed by atoms with Crippen molar-refractivity contribution in [3.63, 3.8) is 0 Å². The molecular weight excluding hydrogens is 243 g/mol. The van der Waals surface area contributed by atoms with Gasteiger partial charge in [0.15, 0.2) is 10.3 Å². The van der Waals surface area contributed by atoms with Crippen molar-refractivity contribution < 1.29 is 14.3 Å². The van der Waals surface area contributed by atoms with Gasteiger partial charge >= 0.3 is 11.9 Å². The molecule has 1 atom stereocenters. The van der Waals surface area contributed by atoms with E-state index in [1.807, 2.05) is 0 Å². The van der Waals surface area contributed by atoms with E-state index >= 15 is 0 Å². The SMILES string of the molecule is O=C1CC(c2cc(Cl)nnc2Cl)C(=O)O1. The molecule has 0 saturated carbocycles. The zero-order valence-electron chi connectivity index (χ0n) is 7.24. The van der Waals surface area contributed by atoms with Crippen LogP contribution in [0.4, 0.5) is 0 Å². The van der Waals surface area contributed by atoms with E-state index in [1.165, 1.54) is 6.07 Å². The zero-order chi connectivity index (χ0) is 11.0. The number of ether oxygens (including phenoxy) is 1. The van der Waals surface area contributed by atoms with E-state index in [9.17, 15) is 9.59 Å². The van der Waals surface area contributed by atoms with Crippen LogP contribution in [-0.4, -0.2) is 22.1 Å². The lowest BCUT2D eigenvalue weighted by Gasteiger charge is -2.05. The van der Waals surface area contributed by atoms with Gasteiger partial charge in [0.25, 0.3) is 0 Å². The van der Waals surface area contributed by atoms with Crippen molar-refractivity contribution in [2.24, 2.45) is 0 Å². The highest BCUT2D eigenvalue weighted by atomic mass is 35.5. The van der Waals surface area contributed by atoms with Gasteiger partial charge in [0, 0.05) is 5.56 Å². The van der Waals surface area contributed by atoms with Crippen molar-refractivity contribution in [1.82, 2.24) is 10.2 Å². The molecule has 1 aromatic heterocycles. The first-order chi connectivity index (χ1) is 7.08. The average Bonchev–Trinajstić information content (AvgIpc) is 2.50. The van der Waals surface area contributed by atoms with Gasteiger partial charge in [-0.2, -0.15) is 0 Å². The van der Waals surface area contributed by atoms with E-state index in [0.29, 0.717) is 5.56 Å². The fraction of sp³-hybridized carbons (Fsp3) is 0.250. The Kier molecular flexibility index (Phi) is 2.58. The van der Waals surface area contributed by atoms with Gasteiger partial charge < -0.3 is 4.74 Å². The van der Waals surface area contributed by atoms with E-state index in [1.54, 1.807) is 0 Å². The number of hydrogen-bond acceptors (Lipinski definition) is 5. The van der Waals surface area contributed by atoms with Crippen LogP contribution < -0.4 is 0 Å². The normalized spacial score (nSPS) is 20.5. The Morgan fingerprint density at radius 3 is 2.67 bits per heavy atom. The average molecular weight is 247 g/mol. The second kappa shape index (κ2) is 3.75. The predicted octanol–water partition coefficient (Wildman–Crippen LogP) is 1.34. The van der Waals surface area contributed by atoms with E-state index in [0.717, 1.165) is 0 Å². The minimum atomic E-state index is -0.724. The third-order valence-electron chi connectivity index (χ3n) is 1.99. The summed E-state index contributed by atoms with van der Waals surface area (Å²) in [7, 11) is 0. The lowest BCUT2D eigenvalue weighted by molar-refractivity contribution is -0.152. The second-order valence-electron chi connectivity index (χ2n) is 2.96. The first kappa shape index (κ1) is 10.3. The summed E-state index contributed by atoms with van der Waals surface area (Å²) in [5.74, 6) is -1.93. The molecule has 1 aliphatic rings. The monoisotopic (exact) mass is 246 g/mol. The molecule has 0 aromatic carbocycles. The maximum Gasteiger partial charge on any atom is 0.321 e. The molecule has 1 unspecified atom stereocenters. The molecule has 0 N–H and O–H groups in total. The fourth-order valence-corrected chi connectivity index (χ4v) is 1.70. The maximum absolute atomic E-state index is 11.3. The Hall–Kier alpha value is -1.20. The number of hydrogen-bond donors (Lipinski definition) is 0. The Labute approximate surface area is 94.3 Å². The molecule has 0 spiro atoms. The molecule has 5 nitrogen and oxygen atoms in total. The molecule has 0 aliphatic carbocycles. The number of carbonyl (C=O) groups is 2. The van der Waals surface area contributed by atoms with Gasteiger partial charge in [-0.25, -0.2) is 0 Å². The highest BCUT2D eigenvalue weighted by Gasteiger charge is 2.36. The molecule has 0 amide bonds. The minimum absolute atomic E-state index is 0.0411. The van der Waals surface area contributed by atoms with Crippen LogP contribution in [0.25, 0.3) is 0 Å². The lowest BCUT2D eigenvalue weighted by atomic mass is 10.0. The van der Waals surface area contributed by atoms with Gasteiger partial charge in [-0.05, 0) is 6.07 Å². The summed E-state index contributed by atoms with van der Waals surface area (Å²) in [6.45, 7) is 0. The molecule has 1 fully saturated rings. The molecule has 1 aromatic rings. The smallest absolute Gasteiger partial charge is 0.321 e. The van der Waals surface area contributed by atoms with Gasteiger partial charge in [-0.1, -0.05) is 23.2 Å². The summed E-state index contributed by atoms with van der Waals surface area (Å²) in [6, 6.07) is 1.40. The highest BCUT2D eigenvalue weighted by Crippen LogP contribution is 2.32. The third kappa shape index (κ3) is 1.93. The second-order valence-corrected chi connectivity index (χ2v) is 3.71. The van der Waals surface area contributed by atoms with Gasteiger partial charge in [-0.3, -0.25) is 9.59 Å². The Morgan fingerprint density at radius 2 is 2.07 bits per heavy atom. The van der Waals surface area contributed by atoms with E-state index in [-0.39, 0.29) is 16.7 Å². The lowest BCUT2D eigenvalue weighted by Crippen LogP contribution is -2.07. The Balaban J connectivity index is 2.41. The van der Waals surface area contributed by atoms with Crippen LogP contribution in [-0.2, 0) is 14.3 Å². The quantitative estimate of drug-likeness (QED) is 0.553. The molecule has 7 heteroatoms. The van der Waals surface area contributed by atoms with Gasteiger partial charge in [-0.15, -0.1) is 10.2 Å². The zero-order valence-corrected chi connectivity index (χ0v) is 8.75. The number of rotatable bonds is 1. The van der Waals surface area contributed by atoms with Crippen molar-refractivity contribution in [3.05, 3.63) is 21.9 Å². The van der Waals surface area contributed by atoms with Crippen molar-refractivity contribution in [2.75, 3.05) is 0 Å². The molecule has 0 bridgehead atoms. The molecule has 2 rings (SSSR count). The molecule has 1 aliphatic heterocycles. The van der Waals surface area contributed by atoms with Crippen molar-refractivity contribution in [1.29, 1.82) is 0 Å². The first-order valence-corrected chi connectivity index (χ1v) is 4.76. The molecular formula is C8H4Cl2N2O3. The number of esters is 2. The van der Waals surface area contributed by atoms with Crippen LogP contribution in [0.2, 0.25) is 10.3 Å². The van der Waals surface area contributed by atoms with E-state index < -0.39 is 17.9 Å². The van der Waals surface area contributed by atoms with E-state index in [4.69, 9.17) is 23.2 Å². The van der Waals surface area contributed by atoms with Gasteiger partial charge in [0.1, 0.15) is 0 Å². The molecule has 78 valence electrons. The van der Waals surface area contributed by atoms with Gasteiger partial charge in [0.05, 0.1) is 12.3 Å². The van der Waals surface area contributed by atoms with Crippen LogP contribution >= 0.6 is 23.2 Å². The Bertz CT molecular complexity index is 450. The number of nitrogens with zero attached hydrogens (tertiary/aromatic N) is 2. The summed E-state index contributed by atoms with van der Waals surface area (Å²) in [6.07, 6.45) is -0.0411. The maximum atomic E-state index is 11.3. The van der Waals surface area contributed by atoms with Crippen molar-refractivity contribution in [2.45, 2.75) is 12.3 Å². The topological polar surface area (TPSA) is 69.2 Å². The molecule has 15 heavy (non-hydrogen) atoms. The number of halogens is 2. The summed E-state index contributed by atoms with van der Waals surface area (Å²) in [5, 5.41) is 7.21. The first-order valence-electron chi connectivity index (χ1n) is 4.01. The fourth-order valence-electron chi connectivity index (χ4n) is 1.32. The van der Waals surface area contributed by atoms with Crippen LogP contribution in [0.15, 0.2) is 6.07 Å². The molecule has 1 saturated heterocycles. The summed E-state index contributed by atoms with van der Waals surface area (Å²) < 4.78 is 4.40. The summed E-state index contributed by atoms with van der Waals surface area (Å²) in [5.41, 5.74) is 0.368. The Morgan fingerprint density at radius 1 is 1.33 bits per heavy atom. The van der Waals surface area contributed by atoms with Gasteiger partial charge in [0.2, 0.25) is 0 Å². The van der Waals surface area contributed by atoms with Crippen LogP contribution in [0.3, 0.4) is 0 Å². The third-order valence-corrected chi connectivity index (χ3v) is 2.47. The predicted molar refractivity (Wildman–Crippen MR) is 50.5 cm³/mol. The standard InChI is InChI=1S/C8H4Cl2N2O3/c9-5-1-3(7(10)12-11-5)4-2-6(13)15-8(4)14/h1,4H,2H2. The summed E-state index contributed by atoms with van der Waals surface area (Å²) in [4.78, 5) is 22.1. The van der Waals surface area contributed by atoms with Crippen molar-refractivity contribution in [3.8, 4) is 0 Å². The summed E-state index contributed by atoms with van der Waals surface area (Å²) >= 11 is 11.3. The van der Waals surface area contributed by atoms with E-state index in [2.05, 4.69) is 14.9 Å². The van der Waals surface area contributed by atoms with Crippen LogP contribution in [0.5, 0.6) is 0 Å². The van der Waals surface area contributed by atoms with Crippen LogP contribution in [0.1, 0.15) is 17.9 Å². The van der Waals surface area contributed by atoms with Crippen molar-refractivity contribution >= 4 is 35.1 Å². The number of cyclic esters (lactones) is 2. The van der Waals surface area contributed by atoms with Crippen LogP contribution in [0, 0.1) is 0 Å². The highest BCUT2D eigenvalue weighted by molar-refractivity contribution is 6.32. The molecule has 2 heterocycles. The number of carbonyl (C=O) groups excluding carboxylic acids is 2. The minimum Gasteiger partial charge on any atom is -0.393 e. The number of aromatic nitrogens is 2. The largest absolute Gasteiger partial charge is 0.393 e.